The van der Waals surface area contributed by atoms with Gasteiger partial charge >= 0.3 is 10.2 Å². The number of hydrogen-bond donors (Lipinski definition) is 4. The molecule has 0 bridgehead atoms. The van der Waals surface area contributed by atoms with Crippen LogP contribution in [-0.4, -0.2) is 126 Å². The molecule has 2 atom stereocenters. The molecule has 0 spiro atoms. The van der Waals surface area contributed by atoms with Crippen molar-refractivity contribution in [2.45, 2.75) is 70.5 Å². The second-order valence-electron chi connectivity index (χ2n) is 17.2. The summed E-state index contributed by atoms with van der Waals surface area (Å²) in [6.45, 7) is 8.58. The SMILES string of the molecule is CCC(C(=O)N1CCN(Cc2ccccc2-c2cnc3[nH]cc(C(=O)c4c(F)ccc(NS(=O)(=O)N(C)CC)c4F)c3c2)CC1)N1CCC(c2ccc(NC3CCC(=O)NC3=O)cc2)CC1. The van der Waals surface area contributed by atoms with Gasteiger partial charge in [-0.1, -0.05) is 50.2 Å². The molecule has 0 aliphatic carbocycles. The van der Waals surface area contributed by atoms with Crippen LogP contribution in [0.1, 0.15) is 78.9 Å². The van der Waals surface area contributed by atoms with Crippen molar-refractivity contribution in [3.05, 3.63) is 113 Å². The summed E-state index contributed by atoms with van der Waals surface area (Å²) in [6, 6.07) is 19.0. The lowest BCUT2D eigenvalue weighted by Crippen LogP contribution is -2.55. The summed E-state index contributed by atoms with van der Waals surface area (Å²) in [4.78, 5) is 65.7. The molecule has 15 nitrogen and oxygen atoms in total. The van der Waals surface area contributed by atoms with Crippen LogP contribution in [0, 0.1) is 11.6 Å². The number of nitrogens with one attached hydrogen (secondary N) is 4. The molecule has 2 aromatic heterocycles. The molecule has 66 heavy (non-hydrogen) atoms. The molecule has 2 unspecified atom stereocenters. The first-order valence-corrected chi connectivity index (χ1v) is 24.0. The quantitative estimate of drug-likeness (QED) is 0.0734. The maximum Gasteiger partial charge on any atom is 0.301 e. The molecule has 0 saturated carbocycles. The lowest BCUT2D eigenvalue weighted by atomic mass is 9.88. The minimum absolute atomic E-state index is 0.0243. The van der Waals surface area contributed by atoms with E-state index in [1.165, 1.54) is 18.8 Å². The highest BCUT2D eigenvalue weighted by Gasteiger charge is 2.34. The number of rotatable bonds is 15. The number of anilines is 2. The zero-order valence-corrected chi connectivity index (χ0v) is 38.1. The van der Waals surface area contributed by atoms with E-state index in [9.17, 15) is 27.6 Å². The van der Waals surface area contributed by atoms with Crippen LogP contribution in [0.5, 0.6) is 0 Å². The molecule has 4 N–H and O–H groups in total. The molecular weight excluding hydrogens is 869 g/mol. The molecule has 348 valence electrons. The summed E-state index contributed by atoms with van der Waals surface area (Å²) in [5.41, 5.74) is 3.51. The predicted molar refractivity (Wildman–Crippen MR) is 248 cm³/mol. The zero-order chi connectivity index (χ0) is 46.7. The summed E-state index contributed by atoms with van der Waals surface area (Å²) in [5.74, 6) is -3.43. The van der Waals surface area contributed by atoms with Crippen molar-refractivity contribution >= 4 is 56.1 Å². The van der Waals surface area contributed by atoms with E-state index in [2.05, 4.69) is 54.2 Å². The van der Waals surface area contributed by atoms with Crippen LogP contribution >= 0.6 is 0 Å². The molecule has 3 fully saturated rings. The Bertz CT molecular complexity index is 2730. The Labute approximate surface area is 383 Å². The normalized spacial score (nSPS) is 18.4. The van der Waals surface area contributed by atoms with Gasteiger partial charge in [0, 0.05) is 87.3 Å². The van der Waals surface area contributed by atoms with Gasteiger partial charge in [-0.05, 0) is 91.7 Å². The number of ketones is 1. The number of likely N-dealkylation sites (tertiary alicyclic amines) is 1. The topological polar surface area (TPSA) is 180 Å². The first-order chi connectivity index (χ1) is 31.7. The first-order valence-electron chi connectivity index (χ1n) is 22.5. The van der Waals surface area contributed by atoms with Crippen molar-refractivity contribution in [1.82, 2.24) is 34.3 Å². The van der Waals surface area contributed by atoms with Crippen LogP contribution < -0.4 is 15.4 Å². The third-order valence-corrected chi connectivity index (χ3v) is 14.8. The van der Waals surface area contributed by atoms with E-state index in [0.717, 1.165) is 65.6 Å². The Morgan fingerprint density at radius 2 is 1.67 bits per heavy atom. The number of piperidine rings is 2. The number of imide groups is 1. The number of hydrogen-bond acceptors (Lipinski definition) is 10. The fourth-order valence-electron chi connectivity index (χ4n) is 9.23. The molecule has 5 aromatic rings. The van der Waals surface area contributed by atoms with Crippen molar-refractivity contribution in [2.75, 3.05) is 62.9 Å². The van der Waals surface area contributed by atoms with Crippen molar-refractivity contribution in [1.29, 1.82) is 0 Å². The summed E-state index contributed by atoms with van der Waals surface area (Å²) < 4.78 is 59.3. The van der Waals surface area contributed by atoms with Crippen LogP contribution in [0.15, 0.2) is 79.1 Å². The van der Waals surface area contributed by atoms with Gasteiger partial charge in [0.15, 0.2) is 5.82 Å². The van der Waals surface area contributed by atoms with Crippen LogP contribution in [0.3, 0.4) is 0 Å². The summed E-state index contributed by atoms with van der Waals surface area (Å²) >= 11 is 0. The Balaban J connectivity index is 0.879. The molecule has 3 aromatic carbocycles. The minimum Gasteiger partial charge on any atom is -0.374 e. The molecule has 5 heterocycles. The van der Waals surface area contributed by atoms with Gasteiger partial charge in [-0.25, -0.2) is 13.8 Å². The maximum absolute atomic E-state index is 15.8. The lowest BCUT2D eigenvalue weighted by molar-refractivity contribution is -0.139. The van der Waals surface area contributed by atoms with Gasteiger partial charge in [-0.15, -0.1) is 0 Å². The highest BCUT2D eigenvalue weighted by atomic mass is 32.2. The standard InChI is InChI=1S/C48H55F2N9O6S/c1-4-41(58-20-18-31(19-21-58)30-10-12-34(13-11-30)53-40-16-17-42(60)54-47(40)62)48(63)59-24-22-57(23-25-59)29-32-8-6-7-9-35(32)33-26-36-37(28-52-46(36)51-27-33)45(61)43-38(49)14-15-39(44(43)50)55-66(64,65)56(3)5-2/h6-15,26-28,31,40-41,53,55H,4-5,16-25,29H2,1-3H3,(H,51,52)(H,54,60,62). The molecule has 3 aliphatic heterocycles. The number of fused-ring (bicyclic) bond motifs is 1. The van der Waals surface area contributed by atoms with Gasteiger partial charge in [0.2, 0.25) is 23.5 Å². The van der Waals surface area contributed by atoms with Gasteiger partial charge in [0.25, 0.3) is 0 Å². The van der Waals surface area contributed by atoms with Crippen LogP contribution in [0.2, 0.25) is 0 Å². The number of amides is 3. The second-order valence-corrected chi connectivity index (χ2v) is 19.0. The predicted octanol–water partition coefficient (Wildman–Crippen LogP) is 5.87. The smallest absolute Gasteiger partial charge is 0.301 e. The van der Waals surface area contributed by atoms with Crippen LogP contribution in [0.4, 0.5) is 20.2 Å². The molecule has 3 saturated heterocycles. The van der Waals surface area contributed by atoms with Gasteiger partial charge in [0.1, 0.15) is 17.5 Å². The number of carbonyl (C=O) groups excluding carboxylic acids is 4. The Kier molecular flexibility index (Phi) is 13.9. The van der Waals surface area contributed by atoms with E-state index >= 15 is 8.78 Å². The highest BCUT2D eigenvalue weighted by molar-refractivity contribution is 7.90. The van der Waals surface area contributed by atoms with Crippen LogP contribution in [0.25, 0.3) is 22.2 Å². The lowest BCUT2D eigenvalue weighted by Gasteiger charge is -2.41. The molecule has 0 radical (unpaired) electrons. The molecule has 18 heteroatoms. The Hall–Kier alpha value is -6.08. The number of piperazine rings is 1. The number of aromatic nitrogens is 2. The fraction of sp³-hybridized carbons (Fsp3) is 0.396. The van der Waals surface area contributed by atoms with Crippen molar-refractivity contribution in [3.63, 3.8) is 0 Å². The van der Waals surface area contributed by atoms with Gasteiger partial charge in [-0.3, -0.25) is 39.0 Å². The average molecular weight is 924 g/mol. The molecule has 3 aliphatic rings. The van der Waals surface area contributed by atoms with Crippen molar-refractivity contribution in [3.8, 4) is 11.1 Å². The fourth-order valence-corrected chi connectivity index (χ4v) is 10.2. The van der Waals surface area contributed by atoms with Crippen LogP contribution in [-0.2, 0) is 31.1 Å². The number of aromatic amines is 1. The summed E-state index contributed by atoms with van der Waals surface area (Å²) in [6.07, 6.45) is 6.41. The third kappa shape index (κ3) is 9.87. The number of H-pyrrole nitrogens is 1. The zero-order valence-electron chi connectivity index (χ0n) is 37.3. The van der Waals surface area contributed by atoms with E-state index < -0.39 is 44.9 Å². The third-order valence-electron chi connectivity index (χ3n) is 13.2. The number of halogens is 2. The number of benzene rings is 3. The maximum atomic E-state index is 15.8. The first kappa shape index (κ1) is 46.4. The summed E-state index contributed by atoms with van der Waals surface area (Å²) in [5, 5.41) is 5.97. The van der Waals surface area contributed by atoms with E-state index in [4.69, 9.17) is 0 Å². The molecular formula is C48H55F2N9O6S. The van der Waals surface area contributed by atoms with Crippen molar-refractivity contribution < 1.29 is 36.4 Å². The number of pyridine rings is 1. The van der Waals surface area contributed by atoms with Gasteiger partial charge in [-0.2, -0.15) is 12.7 Å². The monoisotopic (exact) mass is 923 g/mol. The molecule has 3 amide bonds. The summed E-state index contributed by atoms with van der Waals surface area (Å²) in [7, 11) is -2.85. The minimum atomic E-state index is -4.15. The highest BCUT2D eigenvalue weighted by Crippen LogP contribution is 2.33. The van der Waals surface area contributed by atoms with Gasteiger partial charge < -0.3 is 15.2 Å². The van der Waals surface area contributed by atoms with Gasteiger partial charge in [0.05, 0.1) is 17.3 Å². The van der Waals surface area contributed by atoms with E-state index in [1.54, 1.807) is 19.2 Å². The largest absolute Gasteiger partial charge is 0.374 e. The average Bonchev–Trinajstić information content (AvgIpc) is 3.75. The van der Waals surface area contributed by atoms with Crippen molar-refractivity contribution in [2.24, 2.45) is 0 Å². The Morgan fingerprint density at radius 1 is 0.939 bits per heavy atom. The van der Waals surface area contributed by atoms with E-state index in [0.29, 0.717) is 68.1 Å². The Morgan fingerprint density at radius 3 is 2.36 bits per heavy atom. The number of nitrogens with zero attached hydrogens (tertiary/aromatic N) is 5. The van der Waals surface area contributed by atoms with E-state index in [1.807, 2.05) is 41.3 Å². The second kappa shape index (κ2) is 19.8. The number of carbonyl (C=O) groups is 4. The molecule has 8 rings (SSSR count). The van der Waals surface area contributed by atoms with E-state index in [-0.39, 0.29) is 35.9 Å².